The van der Waals surface area contributed by atoms with Gasteiger partial charge in [0.25, 0.3) is 0 Å². The first-order valence-electron chi connectivity index (χ1n) is 4.93. The summed E-state index contributed by atoms with van der Waals surface area (Å²) in [5.74, 6) is 0.807. The molecule has 4 heteroatoms. The van der Waals surface area contributed by atoms with Gasteiger partial charge in [0, 0.05) is 25.2 Å². The van der Waals surface area contributed by atoms with E-state index in [4.69, 9.17) is 5.26 Å². The number of anilines is 1. The van der Waals surface area contributed by atoms with Crippen LogP contribution in [0, 0.1) is 24.2 Å². The number of nitriles is 1. The zero-order valence-corrected chi connectivity index (χ0v) is 8.57. The lowest BCUT2D eigenvalue weighted by Gasteiger charge is -2.39. The van der Waals surface area contributed by atoms with Crippen LogP contribution in [0.25, 0.3) is 0 Å². The van der Waals surface area contributed by atoms with Crippen LogP contribution in [0.5, 0.6) is 0 Å². The number of aromatic nitrogens is 1. The summed E-state index contributed by atoms with van der Waals surface area (Å²) in [4.78, 5) is 6.14. The minimum atomic E-state index is -0.287. The van der Waals surface area contributed by atoms with Gasteiger partial charge in [-0.25, -0.2) is 4.98 Å². The molecular formula is C11H12FN3. The predicted octanol–water partition coefficient (Wildman–Crippen LogP) is 1.67. The van der Waals surface area contributed by atoms with Crippen LogP contribution in [0.4, 0.5) is 10.2 Å². The van der Waals surface area contributed by atoms with Crippen LogP contribution in [0.15, 0.2) is 12.3 Å². The Balaban J connectivity index is 2.23. The van der Waals surface area contributed by atoms with Crippen molar-refractivity contribution in [3.8, 4) is 6.07 Å². The average molecular weight is 205 g/mol. The molecule has 0 atom stereocenters. The highest BCUT2D eigenvalue weighted by Crippen LogP contribution is 2.27. The van der Waals surface area contributed by atoms with E-state index in [2.05, 4.69) is 11.1 Å². The smallest absolute Gasteiger partial charge is 0.146 e. The zero-order valence-electron chi connectivity index (χ0n) is 8.57. The summed E-state index contributed by atoms with van der Waals surface area (Å²) in [6, 6.07) is 3.96. The van der Waals surface area contributed by atoms with Crippen molar-refractivity contribution in [2.75, 3.05) is 24.7 Å². The topological polar surface area (TPSA) is 39.9 Å². The molecule has 0 N–H and O–H groups in total. The number of halogens is 1. The summed E-state index contributed by atoms with van der Waals surface area (Å²) in [5.41, 5.74) is 1.53. The van der Waals surface area contributed by atoms with E-state index in [1.54, 1.807) is 6.20 Å². The first-order valence-corrected chi connectivity index (χ1v) is 4.93. The third kappa shape index (κ3) is 1.65. The molecule has 1 saturated heterocycles. The molecule has 0 aromatic carbocycles. The van der Waals surface area contributed by atoms with Gasteiger partial charge in [0.1, 0.15) is 11.9 Å². The lowest BCUT2D eigenvalue weighted by atomic mass is 10.0. The third-order valence-electron chi connectivity index (χ3n) is 2.73. The number of nitrogens with zero attached hydrogens (tertiary/aromatic N) is 3. The zero-order chi connectivity index (χ0) is 10.8. The van der Waals surface area contributed by atoms with Crippen molar-refractivity contribution in [2.24, 2.45) is 5.92 Å². The van der Waals surface area contributed by atoms with Crippen molar-refractivity contribution < 1.29 is 4.39 Å². The number of hydrogen-bond acceptors (Lipinski definition) is 3. The van der Waals surface area contributed by atoms with Gasteiger partial charge in [-0.05, 0) is 18.6 Å². The van der Waals surface area contributed by atoms with Crippen molar-refractivity contribution in [2.45, 2.75) is 6.92 Å². The molecule has 1 aliphatic heterocycles. The SMILES string of the molecule is Cc1ccnc(N2CC(CF)C2)c1C#N. The van der Waals surface area contributed by atoms with Gasteiger partial charge < -0.3 is 4.90 Å². The highest BCUT2D eigenvalue weighted by Gasteiger charge is 2.29. The number of alkyl halides is 1. The maximum Gasteiger partial charge on any atom is 0.146 e. The molecule has 2 rings (SSSR count). The van der Waals surface area contributed by atoms with Gasteiger partial charge in [-0.15, -0.1) is 0 Å². The molecule has 0 amide bonds. The molecule has 0 radical (unpaired) electrons. The van der Waals surface area contributed by atoms with Crippen LogP contribution in [0.3, 0.4) is 0 Å². The standard InChI is InChI=1S/C11H12FN3/c1-8-2-3-14-11(10(8)5-13)15-6-9(4-12)7-15/h2-3,9H,4,6-7H2,1H3. The molecule has 0 unspecified atom stereocenters. The Morgan fingerprint density at radius 3 is 3.00 bits per heavy atom. The molecule has 15 heavy (non-hydrogen) atoms. The van der Waals surface area contributed by atoms with E-state index >= 15 is 0 Å². The van der Waals surface area contributed by atoms with Crippen LogP contribution in [-0.2, 0) is 0 Å². The highest BCUT2D eigenvalue weighted by atomic mass is 19.1. The molecule has 1 fully saturated rings. The second kappa shape index (κ2) is 3.85. The van der Waals surface area contributed by atoms with Gasteiger partial charge in [0.15, 0.2) is 0 Å². The summed E-state index contributed by atoms with van der Waals surface area (Å²) in [7, 11) is 0. The molecule has 1 aromatic heterocycles. The van der Waals surface area contributed by atoms with Gasteiger partial charge >= 0.3 is 0 Å². The Hall–Kier alpha value is -1.63. The van der Waals surface area contributed by atoms with E-state index < -0.39 is 0 Å². The number of rotatable bonds is 2. The molecule has 2 heterocycles. The van der Waals surface area contributed by atoms with Gasteiger partial charge in [0.2, 0.25) is 0 Å². The fourth-order valence-corrected chi connectivity index (χ4v) is 1.76. The minimum Gasteiger partial charge on any atom is -0.355 e. The normalized spacial score (nSPS) is 15.9. The number of pyridine rings is 1. The first kappa shape index (κ1) is 9.91. The van der Waals surface area contributed by atoms with E-state index in [9.17, 15) is 4.39 Å². The Morgan fingerprint density at radius 2 is 2.40 bits per heavy atom. The molecular weight excluding hydrogens is 193 g/mol. The molecule has 0 spiro atoms. The fraction of sp³-hybridized carbons (Fsp3) is 0.455. The van der Waals surface area contributed by atoms with Crippen molar-refractivity contribution in [3.63, 3.8) is 0 Å². The summed E-state index contributed by atoms with van der Waals surface area (Å²) in [5, 5.41) is 9.00. The Morgan fingerprint density at radius 1 is 1.67 bits per heavy atom. The number of hydrogen-bond donors (Lipinski definition) is 0. The monoisotopic (exact) mass is 205 g/mol. The van der Waals surface area contributed by atoms with Crippen LogP contribution < -0.4 is 4.90 Å². The van der Waals surface area contributed by atoms with E-state index in [0.29, 0.717) is 24.5 Å². The van der Waals surface area contributed by atoms with Crippen LogP contribution in [0.2, 0.25) is 0 Å². The molecule has 0 bridgehead atoms. The highest BCUT2D eigenvalue weighted by molar-refractivity contribution is 5.58. The molecule has 0 saturated carbocycles. The van der Waals surface area contributed by atoms with Crippen LogP contribution in [-0.4, -0.2) is 24.7 Å². The van der Waals surface area contributed by atoms with Crippen molar-refractivity contribution in [3.05, 3.63) is 23.4 Å². The van der Waals surface area contributed by atoms with E-state index in [1.165, 1.54) is 0 Å². The van der Waals surface area contributed by atoms with Gasteiger partial charge in [0.05, 0.1) is 12.2 Å². The Kier molecular flexibility index (Phi) is 2.55. The summed E-state index contributed by atoms with van der Waals surface area (Å²) >= 11 is 0. The van der Waals surface area contributed by atoms with Crippen molar-refractivity contribution in [1.29, 1.82) is 5.26 Å². The van der Waals surface area contributed by atoms with Gasteiger partial charge in [-0.3, -0.25) is 4.39 Å². The summed E-state index contributed by atoms with van der Waals surface area (Å²) in [6.07, 6.45) is 1.69. The fourth-order valence-electron chi connectivity index (χ4n) is 1.76. The Labute approximate surface area is 88.2 Å². The largest absolute Gasteiger partial charge is 0.355 e. The van der Waals surface area contributed by atoms with Crippen molar-refractivity contribution in [1.82, 2.24) is 4.98 Å². The molecule has 0 aliphatic carbocycles. The predicted molar refractivity (Wildman–Crippen MR) is 55.4 cm³/mol. The average Bonchev–Trinajstić information content (AvgIpc) is 2.16. The quantitative estimate of drug-likeness (QED) is 0.737. The van der Waals surface area contributed by atoms with E-state index in [-0.39, 0.29) is 12.6 Å². The van der Waals surface area contributed by atoms with Crippen LogP contribution in [0.1, 0.15) is 11.1 Å². The minimum absolute atomic E-state index is 0.110. The molecule has 1 aromatic rings. The maximum atomic E-state index is 12.3. The lowest BCUT2D eigenvalue weighted by Crippen LogP contribution is -2.48. The van der Waals surface area contributed by atoms with Crippen LogP contribution >= 0.6 is 0 Å². The molecule has 3 nitrogen and oxygen atoms in total. The molecule has 78 valence electrons. The lowest BCUT2D eigenvalue weighted by molar-refractivity contribution is 0.304. The van der Waals surface area contributed by atoms with E-state index in [1.807, 2.05) is 17.9 Å². The maximum absolute atomic E-state index is 12.3. The Bertz CT molecular complexity index is 405. The number of aryl methyl sites for hydroxylation is 1. The van der Waals surface area contributed by atoms with E-state index in [0.717, 1.165) is 5.56 Å². The summed E-state index contributed by atoms with van der Waals surface area (Å²) < 4.78 is 12.3. The third-order valence-corrected chi connectivity index (χ3v) is 2.73. The second-order valence-corrected chi connectivity index (χ2v) is 3.86. The van der Waals surface area contributed by atoms with Gasteiger partial charge in [-0.2, -0.15) is 5.26 Å². The van der Waals surface area contributed by atoms with Gasteiger partial charge in [-0.1, -0.05) is 0 Å². The molecule has 1 aliphatic rings. The second-order valence-electron chi connectivity index (χ2n) is 3.86. The van der Waals surface area contributed by atoms with Crippen molar-refractivity contribution >= 4 is 5.82 Å². The first-order chi connectivity index (χ1) is 7.26. The summed E-state index contributed by atoms with van der Waals surface area (Å²) in [6.45, 7) is 2.93.